The Bertz CT molecular complexity index is 1030. The highest BCUT2D eigenvalue weighted by atomic mass is 32.2. The largest absolute Gasteiger partial charge is 0.382 e. The summed E-state index contributed by atoms with van der Waals surface area (Å²) in [6.45, 7) is 7.74. The van der Waals surface area contributed by atoms with Gasteiger partial charge in [0.2, 0.25) is 0 Å². The van der Waals surface area contributed by atoms with Crippen LogP contribution in [0.2, 0.25) is 0 Å². The minimum Gasteiger partial charge on any atom is -0.382 e. The van der Waals surface area contributed by atoms with Gasteiger partial charge in [-0.25, -0.2) is 4.98 Å². The van der Waals surface area contributed by atoms with E-state index < -0.39 is 0 Å². The minimum atomic E-state index is -0.260. The van der Waals surface area contributed by atoms with Gasteiger partial charge in [0.25, 0.3) is 11.5 Å². The number of ether oxygens (including phenoxy) is 1. The van der Waals surface area contributed by atoms with Crippen LogP contribution in [0.5, 0.6) is 0 Å². The summed E-state index contributed by atoms with van der Waals surface area (Å²) >= 11 is 6.55. The van der Waals surface area contributed by atoms with Gasteiger partial charge in [0.1, 0.15) is 15.8 Å². The van der Waals surface area contributed by atoms with Gasteiger partial charge in [0.15, 0.2) is 0 Å². The number of rotatable bonds is 9. The maximum atomic E-state index is 13.0. The summed E-state index contributed by atoms with van der Waals surface area (Å²) in [5, 5.41) is 3.08. The van der Waals surface area contributed by atoms with Gasteiger partial charge in [-0.15, -0.1) is 6.58 Å². The van der Waals surface area contributed by atoms with Gasteiger partial charge in [-0.3, -0.25) is 18.9 Å². The Hall–Kier alpha value is -2.49. The van der Waals surface area contributed by atoms with Gasteiger partial charge in [-0.05, 0) is 31.6 Å². The number of hydrogen-bond donors (Lipinski definition) is 1. The lowest BCUT2D eigenvalue weighted by Crippen LogP contribution is -2.29. The van der Waals surface area contributed by atoms with Gasteiger partial charge in [0, 0.05) is 32.5 Å². The van der Waals surface area contributed by atoms with E-state index in [4.69, 9.17) is 17.0 Å². The fourth-order valence-electron chi connectivity index (χ4n) is 2.83. The smallest absolute Gasteiger partial charge is 0.267 e. The molecule has 0 unspecified atom stereocenters. The number of thioether (sulfide) groups is 1. The molecule has 1 saturated heterocycles. The lowest BCUT2D eigenvalue weighted by atomic mass is 10.2. The zero-order valence-electron chi connectivity index (χ0n) is 16.1. The van der Waals surface area contributed by atoms with Crippen LogP contribution in [0.1, 0.15) is 18.9 Å². The van der Waals surface area contributed by atoms with Crippen molar-refractivity contribution in [2.24, 2.45) is 0 Å². The average molecular weight is 431 g/mol. The Morgan fingerprint density at radius 1 is 1.38 bits per heavy atom. The summed E-state index contributed by atoms with van der Waals surface area (Å²) < 4.78 is 7.26. The zero-order valence-corrected chi connectivity index (χ0v) is 17.7. The van der Waals surface area contributed by atoms with Crippen molar-refractivity contribution in [3.63, 3.8) is 0 Å². The molecule has 3 rings (SSSR count). The molecule has 3 heterocycles. The summed E-state index contributed by atoms with van der Waals surface area (Å²) in [6.07, 6.45) is 5.59. The third kappa shape index (κ3) is 4.75. The highest BCUT2D eigenvalue weighted by molar-refractivity contribution is 8.26. The van der Waals surface area contributed by atoms with E-state index in [0.29, 0.717) is 59.0 Å². The Morgan fingerprint density at radius 2 is 2.21 bits per heavy atom. The molecule has 0 spiro atoms. The molecule has 0 saturated carbocycles. The second kappa shape index (κ2) is 9.82. The lowest BCUT2D eigenvalue weighted by molar-refractivity contribution is -0.122. The molecule has 1 amide bonds. The molecule has 2 aromatic heterocycles. The van der Waals surface area contributed by atoms with Crippen molar-refractivity contribution in [1.82, 2.24) is 14.3 Å². The number of aromatic nitrogens is 2. The molecule has 0 aliphatic carbocycles. The summed E-state index contributed by atoms with van der Waals surface area (Å²) in [7, 11) is 0. The highest BCUT2D eigenvalue weighted by Crippen LogP contribution is 2.33. The van der Waals surface area contributed by atoms with Gasteiger partial charge in [0.05, 0.1) is 10.5 Å². The molecule has 9 heteroatoms. The molecule has 0 atom stereocenters. The van der Waals surface area contributed by atoms with Crippen molar-refractivity contribution in [1.29, 1.82) is 0 Å². The van der Waals surface area contributed by atoms with Crippen molar-refractivity contribution in [2.75, 3.05) is 31.6 Å². The lowest BCUT2D eigenvalue weighted by Gasteiger charge is -2.14. The average Bonchev–Trinajstić information content (AvgIpc) is 2.99. The molecule has 2 aromatic rings. The molecule has 152 valence electrons. The SMILES string of the molecule is C=CCNc1nc2ccccn2c(=O)c1/C=C1/SC(=S)N(CCCOCC)C1=O. The van der Waals surface area contributed by atoms with Crippen LogP contribution in [-0.4, -0.2) is 50.8 Å². The van der Waals surface area contributed by atoms with E-state index in [2.05, 4.69) is 16.9 Å². The van der Waals surface area contributed by atoms with Crippen molar-refractivity contribution >= 4 is 51.7 Å². The van der Waals surface area contributed by atoms with Crippen LogP contribution < -0.4 is 10.9 Å². The van der Waals surface area contributed by atoms with Crippen LogP contribution in [0.15, 0.2) is 46.8 Å². The van der Waals surface area contributed by atoms with Crippen LogP contribution in [0.3, 0.4) is 0 Å². The van der Waals surface area contributed by atoms with Gasteiger partial charge in [-0.1, -0.05) is 36.1 Å². The number of amides is 1. The first-order chi connectivity index (χ1) is 14.1. The van der Waals surface area contributed by atoms with Crippen LogP contribution in [0, 0.1) is 0 Å². The fourth-order valence-corrected chi connectivity index (χ4v) is 4.12. The first-order valence-corrected chi connectivity index (χ1v) is 10.5. The Labute approximate surface area is 178 Å². The maximum absolute atomic E-state index is 13.0. The number of pyridine rings is 1. The monoisotopic (exact) mass is 430 g/mol. The van der Waals surface area contributed by atoms with E-state index in [-0.39, 0.29) is 11.5 Å². The predicted octanol–water partition coefficient (Wildman–Crippen LogP) is 2.92. The first kappa shape index (κ1) is 21.2. The van der Waals surface area contributed by atoms with Crippen LogP contribution in [-0.2, 0) is 9.53 Å². The number of carbonyl (C=O) groups excluding carboxylic acids is 1. The molecule has 1 N–H and O–H groups in total. The quantitative estimate of drug-likeness (QED) is 0.284. The molecule has 0 aromatic carbocycles. The third-order valence-electron chi connectivity index (χ3n) is 4.21. The van der Waals surface area contributed by atoms with E-state index in [0.717, 1.165) is 0 Å². The summed E-state index contributed by atoms with van der Waals surface area (Å²) in [4.78, 5) is 32.3. The first-order valence-electron chi connectivity index (χ1n) is 9.26. The Balaban J connectivity index is 1.95. The van der Waals surface area contributed by atoms with Crippen molar-refractivity contribution in [3.05, 3.63) is 57.9 Å². The van der Waals surface area contributed by atoms with E-state index in [9.17, 15) is 9.59 Å². The maximum Gasteiger partial charge on any atom is 0.267 e. The predicted molar refractivity (Wildman–Crippen MR) is 121 cm³/mol. The second-order valence-electron chi connectivity index (χ2n) is 6.16. The molecule has 1 fully saturated rings. The Kier molecular flexibility index (Phi) is 7.18. The highest BCUT2D eigenvalue weighted by Gasteiger charge is 2.32. The third-order valence-corrected chi connectivity index (χ3v) is 5.58. The molecular weight excluding hydrogens is 408 g/mol. The fraction of sp³-hybridized carbons (Fsp3) is 0.300. The van der Waals surface area contributed by atoms with E-state index in [1.54, 1.807) is 35.4 Å². The van der Waals surface area contributed by atoms with E-state index in [1.807, 2.05) is 13.0 Å². The number of carbonyl (C=O) groups is 1. The minimum absolute atomic E-state index is 0.205. The van der Waals surface area contributed by atoms with Crippen LogP contribution in [0.25, 0.3) is 11.7 Å². The van der Waals surface area contributed by atoms with E-state index in [1.165, 1.54) is 16.2 Å². The molecule has 1 aliphatic heterocycles. The molecule has 0 bridgehead atoms. The summed E-state index contributed by atoms with van der Waals surface area (Å²) in [5.41, 5.74) is 0.568. The number of nitrogens with one attached hydrogen (secondary N) is 1. The number of thiocarbonyl (C=S) groups is 1. The van der Waals surface area contributed by atoms with Crippen LogP contribution in [0.4, 0.5) is 5.82 Å². The van der Waals surface area contributed by atoms with E-state index >= 15 is 0 Å². The number of nitrogens with zero attached hydrogens (tertiary/aromatic N) is 3. The number of fused-ring (bicyclic) bond motifs is 1. The van der Waals surface area contributed by atoms with Crippen LogP contribution >= 0.6 is 24.0 Å². The number of hydrogen-bond acceptors (Lipinski definition) is 7. The van der Waals surface area contributed by atoms with Gasteiger partial charge >= 0.3 is 0 Å². The van der Waals surface area contributed by atoms with Crippen molar-refractivity contribution in [2.45, 2.75) is 13.3 Å². The standard InChI is InChI=1S/C20H22N4O3S2/c1-3-9-21-17-14(18(25)23-10-6-5-8-16(23)22-17)13-15-19(26)24(20(28)29-15)11-7-12-27-4-2/h3,5-6,8,10,13,21H,1,4,7,9,11-12H2,2H3/b15-13+. The van der Waals surface area contributed by atoms with Gasteiger partial charge in [-0.2, -0.15) is 0 Å². The van der Waals surface area contributed by atoms with Crippen molar-refractivity contribution < 1.29 is 9.53 Å². The molecular formula is C20H22N4O3S2. The number of anilines is 1. The normalized spacial score (nSPS) is 15.5. The molecule has 0 radical (unpaired) electrons. The van der Waals surface area contributed by atoms with Crippen molar-refractivity contribution in [3.8, 4) is 0 Å². The molecule has 7 nitrogen and oxygen atoms in total. The zero-order chi connectivity index (χ0) is 20.8. The second-order valence-corrected chi connectivity index (χ2v) is 7.84. The Morgan fingerprint density at radius 3 is 2.97 bits per heavy atom. The summed E-state index contributed by atoms with van der Waals surface area (Å²) in [5.74, 6) is 0.200. The molecule has 29 heavy (non-hydrogen) atoms. The summed E-state index contributed by atoms with van der Waals surface area (Å²) in [6, 6.07) is 5.32. The topological polar surface area (TPSA) is 75.9 Å². The molecule has 1 aliphatic rings. The van der Waals surface area contributed by atoms with Gasteiger partial charge < -0.3 is 10.1 Å².